The van der Waals surface area contributed by atoms with Gasteiger partial charge >= 0.3 is 0 Å². The van der Waals surface area contributed by atoms with E-state index in [1.807, 2.05) is 72.8 Å². The van der Waals surface area contributed by atoms with E-state index in [4.69, 9.17) is 32.7 Å². The van der Waals surface area contributed by atoms with Crippen LogP contribution in [0.2, 0.25) is 10.3 Å². The molecule has 8 nitrogen and oxygen atoms in total. The van der Waals surface area contributed by atoms with Crippen LogP contribution in [-0.2, 0) is 29.2 Å². The van der Waals surface area contributed by atoms with Crippen LogP contribution >= 0.6 is 23.2 Å². The molecule has 230 valence electrons. The summed E-state index contributed by atoms with van der Waals surface area (Å²) in [4.78, 5) is 20.8. The van der Waals surface area contributed by atoms with E-state index >= 15 is 0 Å². The van der Waals surface area contributed by atoms with Gasteiger partial charge in [0.2, 0.25) is 0 Å². The molecule has 1 aliphatic rings. The number of rotatable bonds is 9. The number of aliphatic hydroxyl groups is 1. The number of imidazole rings is 1. The average molecular weight is 644 g/mol. The van der Waals surface area contributed by atoms with Crippen LogP contribution in [0.3, 0.4) is 0 Å². The van der Waals surface area contributed by atoms with E-state index in [9.17, 15) is 9.90 Å². The molecule has 3 heterocycles. The van der Waals surface area contributed by atoms with E-state index in [-0.39, 0.29) is 35.8 Å². The number of ether oxygens (including phenoxy) is 2. The number of hydrogen-bond donors (Lipinski definition) is 2. The van der Waals surface area contributed by atoms with Crippen molar-refractivity contribution in [2.45, 2.75) is 45.1 Å². The second-order valence-corrected chi connectivity index (χ2v) is 11.7. The summed E-state index contributed by atoms with van der Waals surface area (Å²) in [6.07, 6.45) is 3.62. The quantitative estimate of drug-likeness (QED) is 0.177. The third kappa shape index (κ3) is 6.96. The van der Waals surface area contributed by atoms with Crippen LogP contribution in [0.25, 0.3) is 11.1 Å². The Bertz CT molecular complexity index is 1750. The van der Waals surface area contributed by atoms with Crippen LogP contribution in [0.1, 0.15) is 51.9 Å². The van der Waals surface area contributed by atoms with E-state index in [2.05, 4.69) is 22.2 Å². The first-order valence-electron chi connectivity index (χ1n) is 14.6. The largest absolute Gasteiger partial charge is 0.392 e. The molecule has 3 aromatic carbocycles. The number of pyridine rings is 1. The fourth-order valence-corrected chi connectivity index (χ4v) is 5.86. The molecule has 6 rings (SSSR count). The van der Waals surface area contributed by atoms with Crippen molar-refractivity contribution >= 4 is 29.1 Å². The number of carbonyl (C=O) groups is 1. The molecule has 0 bridgehead atoms. The number of nitrogens with zero attached hydrogens (tertiary/aromatic N) is 3. The highest BCUT2D eigenvalue weighted by molar-refractivity contribution is 6.40. The summed E-state index contributed by atoms with van der Waals surface area (Å²) in [7, 11) is 0. The lowest BCUT2D eigenvalue weighted by molar-refractivity contribution is -0.276. The molecule has 1 amide bonds. The van der Waals surface area contributed by atoms with Gasteiger partial charge in [-0.25, -0.2) is 4.98 Å². The van der Waals surface area contributed by atoms with Crippen molar-refractivity contribution in [3.8, 4) is 11.1 Å². The van der Waals surface area contributed by atoms with Crippen LogP contribution < -0.4 is 5.32 Å². The summed E-state index contributed by atoms with van der Waals surface area (Å²) in [5.41, 5.74) is 6.21. The maximum atomic E-state index is 12.6. The molecule has 0 aliphatic carbocycles. The van der Waals surface area contributed by atoms with Crippen molar-refractivity contribution < 1.29 is 19.4 Å². The number of carbonyl (C=O) groups excluding carboxylic acids is 1. The van der Waals surface area contributed by atoms with Crippen LogP contribution in [-0.4, -0.2) is 31.7 Å². The Morgan fingerprint density at radius 3 is 2.40 bits per heavy atom. The van der Waals surface area contributed by atoms with Gasteiger partial charge < -0.3 is 24.5 Å². The summed E-state index contributed by atoms with van der Waals surface area (Å²) < 4.78 is 14.9. The molecule has 0 radical (unpaired) electrons. The molecule has 5 aromatic rings. The maximum absolute atomic E-state index is 12.6. The number of aromatic nitrogens is 3. The standard InChI is InChI=1S/C35H32Cl2N4O4/c1-22-30(19-41-21-40-32(36)33(41)37)44-35(45-31(22)25-10-8-23(20-42)9-11-25)26-14-12-24(13-15-26)29-7-3-2-5-27(29)18-39-34(43)28-6-4-16-38-17-28/h2-17,21-22,30-31,35,42H,18-20H2,1H3,(H,39,43). The summed E-state index contributed by atoms with van der Waals surface area (Å²) in [5, 5.41) is 13.1. The molecule has 1 saturated heterocycles. The predicted octanol–water partition coefficient (Wildman–Crippen LogP) is 7.17. The minimum absolute atomic E-state index is 0.0258. The lowest BCUT2D eigenvalue weighted by atomic mass is 9.90. The van der Waals surface area contributed by atoms with Crippen molar-refractivity contribution in [3.05, 3.63) is 142 Å². The molecule has 4 atom stereocenters. The van der Waals surface area contributed by atoms with E-state index in [0.29, 0.717) is 23.8 Å². The molecule has 0 saturated carbocycles. The van der Waals surface area contributed by atoms with Gasteiger partial charge in [0.25, 0.3) is 5.91 Å². The lowest BCUT2D eigenvalue weighted by Crippen LogP contribution is -2.39. The predicted molar refractivity (Wildman–Crippen MR) is 173 cm³/mol. The van der Waals surface area contributed by atoms with Crippen LogP contribution in [0.4, 0.5) is 0 Å². The first-order valence-corrected chi connectivity index (χ1v) is 15.4. The summed E-state index contributed by atoms with van der Waals surface area (Å²) in [6.45, 7) is 2.88. The topological polar surface area (TPSA) is 98.5 Å². The van der Waals surface area contributed by atoms with Gasteiger partial charge in [-0.05, 0) is 39.9 Å². The molecule has 1 fully saturated rings. The zero-order valence-electron chi connectivity index (χ0n) is 24.5. The minimum atomic E-state index is -0.644. The highest BCUT2D eigenvalue weighted by atomic mass is 35.5. The Balaban J connectivity index is 1.24. The minimum Gasteiger partial charge on any atom is -0.392 e. The number of aliphatic hydroxyl groups excluding tert-OH is 1. The Morgan fingerprint density at radius 2 is 1.71 bits per heavy atom. The van der Waals surface area contributed by atoms with Crippen LogP contribution in [0, 0.1) is 5.92 Å². The Kier molecular flexibility index (Phi) is 9.59. The van der Waals surface area contributed by atoms with Crippen LogP contribution in [0.15, 0.2) is 104 Å². The van der Waals surface area contributed by atoms with Crippen molar-refractivity contribution in [1.82, 2.24) is 19.9 Å². The van der Waals surface area contributed by atoms with Gasteiger partial charge in [-0.2, -0.15) is 0 Å². The zero-order chi connectivity index (χ0) is 31.3. The molecule has 4 unspecified atom stereocenters. The fourth-order valence-electron chi connectivity index (χ4n) is 5.54. The van der Waals surface area contributed by atoms with Gasteiger partial charge in [0.05, 0.1) is 37.3 Å². The number of benzene rings is 3. The smallest absolute Gasteiger partial charge is 0.253 e. The van der Waals surface area contributed by atoms with Crippen LogP contribution in [0.5, 0.6) is 0 Å². The number of halogens is 2. The molecular weight excluding hydrogens is 611 g/mol. The van der Waals surface area contributed by atoms with Gasteiger partial charge in [0.1, 0.15) is 5.15 Å². The lowest BCUT2D eigenvalue weighted by Gasteiger charge is -2.41. The highest BCUT2D eigenvalue weighted by Crippen LogP contribution is 2.42. The van der Waals surface area contributed by atoms with E-state index in [0.717, 1.165) is 33.4 Å². The summed E-state index contributed by atoms with van der Waals surface area (Å²) in [6, 6.07) is 27.3. The number of nitrogens with one attached hydrogen (secondary N) is 1. The monoisotopic (exact) mass is 642 g/mol. The molecule has 2 aromatic heterocycles. The molecule has 10 heteroatoms. The van der Waals surface area contributed by atoms with Gasteiger partial charge in [0.15, 0.2) is 11.4 Å². The summed E-state index contributed by atoms with van der Waals surface area (Å²) >= 11 is 12.5. The van der Waals surface area contributed by atoms with Crippen molar-refractivity contribution in [3.63, 3.8) is 0 Å². The van der Waals surface area contributed by atoms with E-state index in [1.54, 1.807) is 35.4 Å². The van der Waals surface area contributed by atoms with Gasteiger partial charge in [-0.1, -0.05) is 103 Å². The van der Waals surface area contributed by atoms with Crippen molar-refractivity contribution in [2.24, 2.45) is 5.92 Å². The van der Waals surface area contributed by atoms with Gasteiger partial charge in [0, 0.05) is 30.4 Å². The second kappa shape index (κ2) is 13.9. The molecule has 0 spiro atoms. The van der Waals surface area contributed by atoms with Gasteiger partial charge in [-0.3, -0.25) is 9.78 Å². The van der Waals surface area contributed by atoms with Gasteiger partial charge in [-0.15, -0.1) is 0 Å². The SMILES string of the molecule is CC1C(Cn2cnc(Cl)c2Cl)OC(c2ccc(-c3ccccc3CNC(=O)c3cccnc3)cc2)OC1c1ccc(CO)cc1. The number of amides is 1. The molecule has 1 aliphatic heterocycles. The molecular formula is C35H32Cl2N4O4. The highest BCUT2D eigenvalue weighted by Gasteiger charge is 2.39. The maximum Gasteiger partial charge on any atom is 0.253 e. The Labute approximate surface area is 271 Å². The van der Waals surface area contributed by atoms with E-state index in [1.165, 1.54) is 0 Å². The third-order valence-electron chi connectivity index (χ3n) is 8.11. The van der Waals surface area contributed by atoms with Crippen molar-refractivity contribution in [1.29, 1.82) is 0 Å². The Hall–Kier alpha value is -4.05. The normalized spacial score (nSPS) is 19.7. The zero-order valence-corrected chi connectivity index (χ0v) is 26.0. The number of hydrogen-bond acceptors (Lipinski definition) is 6. The summed E-state index contributed by atoms with van der Waals surface area (Å²) in [5.74, 6) is -0.213. The third-order valence-corrected chi connectivity index (χ3v) is 8.88. The Morgan fingerprint density at radius 1 is 0.956 bits per heavy atom. The fraction of sp³-hybridized carbons (Fsp3) is 0.229. The van der Waals surface area contributed by atoms with Crippen molar-refractivity contribution in [2.75, 3.05) is 0 Å². The molecule has 2 N–H and O–H groups in total. The first-order chi connectivity index (χ1) is 21.9. The molecule has 45 heavy (non-hydrogen) atoms. The second-order valence-electron chi connectivity index (χ2n) is 11.0. The first kappa shape index (κ1) is 31.0. The average Bonchev–Trinajstić information content (AvgIpc) is 3.41. The van der Waals surface area contributed by atoms with E-state index < -0.39 is 6.29 Å².